The molecule has 0 saturated heterocycles. The number of hydrogen-bond acceptors (Lipinski definition) is 3. The van der Waals surface area contributed by atoms with Crippen LogP contribution in [0.5, 0.6) is 5.75 Å². The van der Waals surface area contributed by atoms with Crippen LogP contribution in [0.25, 0.3) is 22.3 Å². The molecule has 2 aromatic carbocycles. The van der Waals surface area contributed by atoms with Gasteiger partial charge >= 0.3 is 0 Å². The fourth-order valence-electron chi connectivity index (χ4n) is 1.96. The Balaban J connectivity index is 2.17. The summed E-state index contributed by atoms with van der Waals surface area (Å²) in [6, 6.07) is 9.02. The number of ether oxygens (including phenoxy) is 1. The lowest BCUT2D eigenvalue weighted by Gasteiger charge is -2.06. The summed E-state index contributed by atoms with van der Waals surface area (Å²) in [5, 5.41) is 0.345. The highest BCUT2D eigenvalue weighted by atomic mass is 35.5. The maximum atomic E-state index is 13.3. The van der Waals surface area contributed by atoms with Crippen LogP contribution < -0.4 is 4.74 Å². The van der Waals surface area contributed by atoms with E-state index in [4.69, 9.17) is 16.3 Å². The Bertz CT molecular complexity index is 822. The number of fused-ring (bicyclic) bond motifs is 1. The third-order valence-electron chi connectivity index (χ3n) is 3.04. The summed E-state index contributed by atoms with van der Waals surface area (Å²) in [7, 11) is 1.57. The number of rotatable bonds is 2. The maximum Gasteiger partial charge on any atom is 0.161 e. The zero-order valence-electron chi connectivity index (χ0n) is 10.9. The van der Waals surface area contributed by atoms with Crippen molar-refractivity contribution in [2.24, 2.45) is 0 Å². The predicted molar refractivity (Wildman–Crippen MR) is 76.5 cm³/mol. The molecule has 21 heavy (non-hydrogen) atoms. The molecule has 6 heteroatoms. The van der Waals surface area contributed by atoms with Crippen LogP contribution in [0.15, 0.2) is 36.4 Å². The highest BCUT2D eigenvalue weighted by Crippen LogP contribution is 2.27. The van der Waals surface area contributed by atoms with E-state index in [1.165, 1.54) is 0 Å². The molecule has 3 aromatic rings. The molecular formula is C15H9ClF2N2O. The normalized spacial score (nSPS) is 10.9. The molecule has 0 amide bonds. The van der Waals surface area contributed by atoms with Crippen molar-refractivity contribution in [3.8, 4) is 17.1 Å². The largest absolute Gasteiger partial charge is 0.497 e. The molecule has 106 valence electrons. The van der Waals surface area contributed by atoms with Gasteiger partial charge in [0.2, 0.25) is 0 Å². The molecule has 0 saturated carbocycles. The summed E-state index contributed by atoms with van der Waals surface area (Å²) in [6.45, 7) is 0. The van der Waals surface area contributed by atoms with Gasteiger partial charge in [0.05, 0.1) is 12.6 Å². The number of aromatic nitrogens is 2. The molecule has 1 aromatic heterocycles. The summed E-state index contributed by atoms with van der Waals surface area (Å²) in [4.78, 5) is 8.34. The molecule has 3 nitrogen and oxygen atoms in total. The van der Waals surface area contributed by atoms with E-state index in [-0.39, 0.29) is 16.1 Å². The molecular weight excluding hydrogens is 298 g/mol. The van der Waals surface area contributed by atoms with Gasteiger partial charge in [-0.3, -0.25) is 0 Å². The molecule has 0 aliphatic rings. The predicted octanol–water partition coefficient (Wildman–Crippen LogP) is 4.24. The second-order valence-electron chi connectivity index (χ2n) is 4.35. The van der Waals surface area contributed by atoms with Crippen molar-refractivity contribution in [1.82, 2.24) is 9.97 Å². The average Bonchev–Trinajstić information content (AvgIpc) is 2.49. The molecule has 1 heterocycles. The second kappa shape index (κ2) is 5.26. The Morgan fingerprint density at radius 2 is 1.67 bits per heavy atom. The van der Waals surface area contributed by atoms with Crippen LogP contribution in [0, 0.1) is 11.6 Å². The Morgan fingerprint density at radius 3 is 2.33 bits per heavy atom. The monoisotopic (exact) mass is 306 g/mol. The lowest BCUT2D eigenvalue weighted by atomic mass is 10.2. The van der Waals surface area contributed by atoms with Gasteiger partial charge in [0.1, 0.15) is 10.9 Å². The Morgan fingerprint density at radius 1 is 1.00 bits per heavy atom. The van der Waals surface area contributed by atoms with Crippen molar-refractivity contribution in [1.29, 1.82) is 0 Å². The average molecular weight is 307 g/mol. The van der Waals surface area contributed by atoms with Gasteiger partial charge < -0.3 is 4.74 Å². The molecule has 0 fully saturated rings. The third-order valence-corrected chi connectivity index (χ3v) is 3.33. The van der Waals surface area contributed by atoms with Gasteiger partial charge in [0.25, 0.3) is 0 Å². The first-order chi connectivity index (χ1) is 10.1. The molecule has 0 atom stereocenters. The van der Waals surface area contributed by atoms with Crippen LogP contribution in [0.1, 0.15) is 0 Å². The SMILES string of the molecule is COc1ccc(-c2nc(Cl)c3cc(F)c(F)cc3n2)cc1. The number of benzene rings is 2. The standard InChI is InChI=1S/C15H9ClF2N2O/c1-21-9-4-2-8(3-5-9)15-19-13-7-12(18)11(17)6-10(13)14(16)20-15/h2-7H,1H3. The highest BCUT2D eigenvalue weighted by Gasteiger charge is 2.12. The molecule has 0 radical (unpaired) electrons. The summed E-state index contributed by atoms with van der Waals surface area (Å²) >= 11 is 6.03. The van der Waals surface area contributed by atoms with Crippen molar-refractivity contribution in [3.63, 3.8) is 0 Å². The topological polar surface area (TPSA) is 35.0 Å². The first kappa shape index (κ1) is 13.7. The second-order valence-corrected chi connectivity index (χ2v) is 4.71. The first-order valence-electron chi connectivity index (χ1n) is 6.05. The summed E-state index contributed by atoms with van der Waals surface area (Å²) in [5.41, 5.74) is 0.948. The summed E-state index contributed by atoms with van der Waals surface area (Å²) < 4.78 is 31.6. The van der Waals surface area contributed by atoms with Crippen LogP contribution in [0.2, 0.25) is 5.15 Å². The van der Waals surface area contributed by atoms with Gasteiger partial charge in [0.15, 0.2) is 17.5 Å². The zero-order valence-corrected chi connectivity index (χ0v) is 11.7. The molecule has 0 aliphatic carbocycles. The van der Waals surface area contributed by atoms with Crippen molar-refractivity contribution >= 4 is 22.5 Å². The molecule has 0 aliphatic heterocycles. The lowest BCUT2D eigenvalue weighted by molar-refractivity contribution is 0.415. The van der Waals surface area contributed by atoms with E-state index in [1.807, 2.05) is 0 Å². The number of halogens is 3. The molecule has 0 bridgehead atoms. The number of methoxy groups -OCH3 is 1. The minimum absolute atomic E-state index is 0.0738. The van der Waals surface area contributed by atoms with Gasteiger partial charge in [-0.25, -0.2) is 18.7 Å². The van der Waals surface area contributed by atoms with E-state index in [9.17, 15) is 8.78 Å². The summed E-state index contributed by atoms with van der Waals surface area (Å²) in [5.74, 6) is -0.928. The van der Waals surface area contributed by atoms with E-state index < -0.39 is 11.6 Å². The van der Waals surface area contributed by atoms with Crippen molar-refractivity contribution in [2.75, 3.05) is 7.11 Å². The van der Waals surface area contributed by atoms with Crippen LogP contribution >= 0.6 is 11.6 Å². The third kappa shape index (κ3) is 2.52. The smallest absolute Gasteiger partial charge is 0.161 e. The van der Waals surface area contributed by atoms with E-state index in [0.29, 0.717) is 17.1 Å². The fraction of sp³-hybridized carbons (Fsp3) is 0.0667. The minimum Gasteiger partial charge on any atom is -0.497 e. The van der Waals surface area contributed by atoms with Crippen LogP contribution in [0.4, 0.5) is 8.78 Å². The van der Waals surface area contributed by atoms with Crippen molar-refractivity contribution in [3.05, 3.63) is 53.2 Å². The Kier molecular flexibility index (Phi) is 3.43. The number of hydrogen-bond donors (Lipinski definition) is 0. The van der Waals surface area contributed by atoms with E-state index in [0.717, 1.165) is 12.1 Å². The lowest BCUT2D eigenvalue weighted by Crippen LogP contribution is -1.94. The zero-order chi connectivity index (χ0) is 15.0. The van der Waals surface area contributed by atoms with Gasteiger partial charge in [-0.1, -0.05) is 11.6 Å². The van der Waals surface area contributed by atoms with Crippen LogP contribution in [-0.4, -0.2) is 17.1 Å². The molecule has 0 spiro atoms. The first-order valence-corrected chi connectivity index (χ1v) is 6.43. The van der Waals surface area contributed by atoms with E-state index in [1.54, 1.807) is 31.4 Å². The molecule has 0 unspecified atom stereocenters. The maximum absolute atomic E-state index is 13.3. The quantitative estimate of drug-likeness (QED) is 0.664. The molecule has 3 rings (SSSR count). The van der Waals surface area contributed by atoms with Crippen molar-refractivity contribution < 1.29 is 13.5 Å². The molecule has 0 N–H and O–H groups in total. The Hall–Kier alpha value is -2.27. The Labute approximate surface area is 124 Å². The van der Waals surface area contributed by atoms with Crippen molar-refractivity contribution in [2.45, 2.75) is 0 Å². The van der Waals surface area contributed by atoms with Gasteiger partial charge in [0, 0.05) is 17.0 Å². The van der Waals surface area contributed by atoms with E-state index >= 15 is 0 Å². The minimum atomic E-state index is -0.981. The summed E-state index contributed by atoms with van der Waals surface area (Å²) in [6.07, 6.45) is 0. The van der Waals surface area contributed by atoms with E-state index in [2.05, 4.69) is 9.97 Å². The van der Waals surface area contributed by atoms with Crippen LogP contribution in [0.3, 0.4) is 0 Å². The fourth-order valence-corrected chi connectivity index (χ4v) is 2.19. The van der Waals surface area contributed by atoms with Crippen LogP contribution in [-0.2, 0) is 0 Å². The van der Waals surface area contributed by atoms with Gasteiger partial charge in [-0.15, -0.1) is 0 Å². The van der Waals surface area contributed by atoms with Gasteiger partial charge in [-0.2, -0.15) is 0 Å². The number of nitrogens with zero attached hydrogens (tertiary/aromatic N) is 2. The highest BCUT2D eigenvalue weighted by molar-refractivity contribution is 6.34. The van der Waals surface area contributed by atoms with Gasteiger partial charge in [-0.05, 0) is 30.3 Å².